The summed E-state index contributed by atoms with van der Waals surface area (Å²) in [5.41, 5.74) is 2.47. The standard InChI is InChI=1S/C15H21N3OS2/c1-5-19-14-7-6-12(10(2)16-4)8-13(14)9-20-15-18-17-11(3)21-15/h6-8,10,16H,5,9H2,1-4H3. The maximum atomic E-state index is 5.73. The molecule has 0 aliphatic heterocycles. The molecule has 1 atom stereocenters. The van der Waals surface area contributed by atoms with Crippen molar-refractivity contribution < 1.29 is 4.74 Å². The number of rotatable bonds is 7. The maximum absolute atomic E-state index is 5.73. The molecule has 0 radical (unpaired) electrons. The zero-order valence-electron chi connectivity index (χ0n) is 12.8. The molecule has 2 rings (SSSR count). The van der Waals surface area contributed by atoms with Crippen LogP contribution < -0.4 is 10.1 Å². The molecule has 0 amide bonds. The van der Waals surface area contributed by atoms with Gasteiger partial charge in [-0.05, 0) is 45.5 Å². The van der Waals surface area contributed by atoms with Crippen LogP contribution in [0.25, 0.3) is 0 Å². The third kappa shape index (κ3) is 4.43. The van der Waals surface area contributed by atoms with E-state index in [2.05, 4.69) is 40.6 Å². The first-order valence-corrected chi connectivity index (χ1v) is 8.80. The number of aryl methyl sites for hydroxylation is 1. The molecule has 2 aromatic rings. The minimum absolute atomic E-state index is 0.327. The van der Waals surface area contributed by atoms with Crippen LogP contribution in [0.4, 0.5) is 0 Å². The number of aromatic nitrogens is 2. The van der Waals surface area contributed by atoms with Crippen molar-refractivity contribution in [1.29, 1.82) is 0 Å². The lowest BCUT2D eigenvalue weighted by Gasteiger charge is -2.15. The smallest absolute Gasteiger partial charge is 0.174 e. The van der Waals surface area contributed by atoms with Gasteiger partial charge in [0.25, 0.3) is 0 Å². The average molecular weight is 323 g/mol. The topological polar surface area (TPSA) is 47.0 Å². The van der Waals surface area contributed by atoms with Crippen molar-refractivity contribution in [2.24, 2.45) is 0 Å². The summed E-state index contributed by atoms with van der Waals surface area (Å²) in [5.74, 6) is 1.80. The predicted molar refractivity (Wildman–Crippen MR) is 89.3 cm³/mol. The first-order chi connectivity index (χ1) is 10.1. The lowest BCUT2D eigenvalue weighted by atomic mass is 10.1. The molecule has 0 aliphatic rings. The predicted octanol–water partition coefficient (Wildman–Crippen LogP) is 3.82. The molecule has 21 heavy (non-hydrogen) atoms. The van der Waals surface area contributed by atoms with E-state index in [0.717, 1.165) is 20.8 Å². The highest BCUT2D eigenvalue weighted by Gasteiger charge is 2.10. The fourth-order valence-electron chi connectivity index (χ4n) is 1.92. The minimum atomic E-state index is 0.327. The van der Waals surface area contributed by atoms with E-state index in [4.69, 9.17) is 4.74 Å². The molecule has 4 nitrogen and oxygen atoms in total. The highest BCUT2D eigenvalue weighted by atomic mass is 32.2. The van der Waals surface area contributed by atoms with Crippen LogP contribution in [-0.2, 0) is 5.75 Å². The lowest BCUT2D eigenvalue weighted by molar-refractivity contribution is 0.337. The fourth-order valence-corrected chi connectivity index (χ4v) is 3.71. The van der Waals surface area contributed by atoms with Crippen LogP contribution >= 0.6 is 23.1 Å². The number of ether oxygens (including phenoxy) is 1. The lowest BCUT2D eigenvalue weighted by Crippen LogP contribution is -2.12. The maximum Gasteiger partial charge on any atom is 0.174 e. The normalized spacial score (nSPS) is 12.4. The van der Waals surface area contributed by atoms with Crippen LogP contribution in [0.1, 0.15) is 36.0 Å². The summed E-state index contributed by atoms with van der Waals surface area (Å²) in [6, 6.07) is 6.73. The summed E-state index contributed by atoms with van der Waals surface area (Å²) in [6.45, 7) is 6.81. The van der Waals surface area contributed by atoms with Gasteiger partial charge in [-0.1, -0.05) is 29.2 Å². The Morgan fingerprint density at radius 1 is 1.38 bits per heavy atom. The quantitative estimate of drug-likeness (QED) is 0.785. The van der Waals surface area contributed by atoms with Crippen molar-refractivity contribution in [2.45, 2.75) is 36.9 Å². The van der Waals surface area contributed by atoms with Crippen LogP contribution in [0.5, 0.6) is 5.75 Å². The monoisotopic (exact) mass is 323 g/mol. The Hall–Kier alpha value is -1.11. The molecule has 1 N–H and O–H groups in total. The second-order valence-electron chi connectivity index (χ2n) is 4.69. The van der Waals surface area contributed by atoms with E-state index in [-0.39, 0.29) is 0 Å². The van der Waals surface area contributed by atoms with Gasteiger partial charge >= 0.3 is 0 Å². The van der Waals surface area contributed by atoms with Crippen molar-refractivity contribution >= 4 is 23.1 Å². The minimum Gasteiger partial charge on any atom is -0.494 e. The Morgan fingerprint density at radius 2 is 2.19 bits per heavy atom. The first-order valence-electron chi connectivity index (χ1n) is 6.99. The van der Waals surface area contributed by atoms with Crippen molar-refractivity contribution in [2.75, 3.05) is 13.7 Å². The average Bonchev–Trinajstić information content (AvgIpc) is 2.91. The molecule has 0 saturated carbocycles. The molecule has 1 aromatic heterocycles. The van der Waals surface area contributed by atoms with E-state index in [1.54, 1.807) is 23.1 Å². The van der Waals surface area contributed by atoms with Gasteiger partial charge in [-0.25, -0.2) is 0 Å². The first kappa shape index (κ1) is 16.3. The Balaban J connectivity index is 2.17. The number of nitrogens with one attached hydrogen (secondary N) is 1. The molecule has 0 spiro atoms. The molecule has 1 aromatic carbocycles. The highest BCUT2D eigenvalue weighted by Crippen LogP contribution is 2.31. The molecule has 114 valence electrons. The largest absolute Gasteiger partial charge is 0.494 e. The van der Waals surface area contributed by atoms with Crippen LogP contribution in [-0.4, -0.2) is 23.9 Å². The Labute approximate surface area is 134 Å². The van der Waals surface area contributed by atoms with E-state index in [0.29, 0.717) is 12.6 Å². The summed E-state index contributed by atoms with van der Waals surface area (Å²) in [4.78, 5) is 0. The van der Waals surface area contributed by atoms with Crippen LogP contribution in [0.15, 0.2) is 22.5 Å². The van der Waals surface area contributed by atoms with Gasteiger partial charge in [-0.15, -0.1) is 10.2 Å². The zero-order valence-corrected chi connectivity index (χ0v) is 14.5. The zero-order chi connectivity index (χ0) is 15.2. The second kappa shape index (κ2) is 7.77. The molecule has 1 unspecified atom stereocenters. The number of hydrogen-bond donors (Lipinski definition) is 1. The summed E-state index contributed by atoms with van der Waals surface area (Å²) >= 11 is 3.34. The summed E-state index contributed by atoms with van der Waals surface area (Å²) in [6.07, 6.45) is 0. The summed E-state index contributed by atoms with van der Waals surface area (Å²) in [5, 5.41) is 12.5. The highest BCUT2D eigenvalue weighted by molar-refractivity contribution is 8.00. The van der Waals surface area contributed by atoms with Crippen LogP contribution in [0.3, 0.4) is 0 Å². The summed E-state index contributed by atoms with van der Waals surface area (Å²) < 4.78 is 6.73. The SMILES string of the molecule is CCOc1ccc(C(C)NC)cc1CSc1nnc(C)s1. The third-order valence-corrected chi connectivity index (χ3v) is 5.20. The van der Waals surface area contributed by atoms with Crippen LogP contribution in [0.2, 0.25) is 0 Å². The van der Waals surface area contributed by atoms with Gasteiger partial charge in [-0.2, -0.15) is 0 Å². The van der Waals surface area contributed by atoms with Crippen molar-refractivity contribution in [3.63, 3.8) is 0 Å². The van der Waals surface area contributed by atoms with Gasteiger partial charge in [0.15, 0.2) is 4.34 Å². The Bertz CT molecular complexity index is 586. The van der Waals surface area contributed by atoms with E-state index < -0.39 is 0 Å². The van der Waals surface area contributed by atoms with Gasteiger partial charge in [0.1, 0.15) is 10.8 Å². The molecule has 0 fully saturated rings. The molecule has 1 heterocycles. The number of hydrogen-bond acceptors (Lipinski definition) is 6. The van der Waals surface area contributed by atoms with Crippen LogP contribution in [0, 0.1) is 6.92 Å². The second-order valence-corrected chi connectivity index (χ2v) is 7.09. The summed E-state index contributed by atoms with van der Waals surface area (Å²) in [7, 11) is 1.97. The van der Waals surface area contributed by atoms with Crippen molar-refractivity contribution in [1.82, 2.24) is 15.5 Å². The molecule has 6 heteroatoms. The van der Waals surface area contributed by atoms with Gasteiger partial charge in [0.05, 0.1) is 6.61 Å². The van der Waals surface area contributed by atoms with Gasteiger partial charge in [0.2, 0.25) is 0 Å². The van der Waals surface area contributed by atoms with E-state index >= 15 is 0 Å². The number of nitrogens with zero attached hydrogens (tertiary/aromatic N) is 2. The molecule has 0 aliphatic carbocycles. The third-order valence-electron chi connectivity index (χ3n) is 3.18. The number of benzene rings is 1. The van der Waals surface area contributed by atoms with E-state index in [1.807, 2.05) is 20.9 Å². The van der Waals surface area contributed by atoms with Gasteiger partial charge in [0, 0.05) is 17.4 Å². The Morgan fingerprint density at radius 3 is 2.81 bits per heavy atom. The molecule has 0 bridgehead atoms. The molecular formula is C15H21N3OS2. The molecular weight excluding hydrogens is 302 g/mol. The fraction of sp³-hybridized carbons (Fsp3) is 0.467. The van der Waals surface area contributed by atoms with E-state index in [9.17, 15) is 0 Å². The Kier molecular flexibility index (Phi) is 6.02. The molecule has 0 saturated heterocycles. The number of thioether (sulfide) groups is 1. The van der Waals surface area contributed by atoms with Crippen molar-refractivity contribution in [3.8, 4) is 5.75 Å². The van der Waals surface area contributed by atoms with Crippen molar-refractivity contribution in [3.05, 3.63) is 34.3 Å². The van der Waals surface area contributed by atoms with Gasteiger partial charge < -0.3 is 10.1 Å². The van der Waals surface area contributed by atoms with E-state index in [1.165, 1.54) is 11.1 Å². The van der Waals surface area contributed by atoms with Gasteiger partial charge in [-0.3, -0.25) is 0 Å².